The SMILES string of the molecule is CCOc1ccc(C(=O)CCC(=O)c2ccc(OC)c(-c3ccc(F)c(C)c3)n2)cc1OC. The summed E-state index contributed by atoms with van der Waals surface area (Å²) in [6.07, 6.45) is 0.0181. The van der Waals surface area contributed by atoms with Crippen LogP contribution in [-0.2, 0) is 0 Å². The summed E-state index contributed by atoms with van der Waals surface area (Å²) in [5, 5.41) is 0. The van der Waals surface area contributed by atoms with Crippen molar-refractivity contribution in [3.8, 4) is 28.5 Å². The molecule has 0 aliphatic carbocycles. The van der Waals surface area contributed by atoms with Gasteiger partial charge in [0, 0.05) is 24.0 Å². The van der Waals surface area contributed by atoms with E-state index in [1.54, 1.807) is 49.4 Å². The molecule has 0 saturated heterocycles. The van der Waals surface area contributed by atoms with Crippen molar-refractivity contribution in [3.63, 3.8) is 0 Å². The smallest absolute Gasteiger partial charge is 0.181 e. The summed E-state index contributed by atoms with van der Waals surface area (Å²) in [5.41, 5.74) is 2.19. The number of Topliss-reactive ketones (excluding diaryl/α,β-unsaturated/α-hetero) is 2. The Morgan fingerprint density at radius 1 is 0.879 bits per heavy atom. The van der Waals surface area contributed by atoms with Crippen LogP contribution in [0.2, 0.25) is 0 Å². The number of hydrogen-bond donors (Lipinski definition) is 0. The lowest BCUT2D eigenvalue weighted by Gasteiger charge is -2.11. The number of hydrogen-bond acceptors (Lipinski definition) is 6. The number of halogens is 1. The van der Waals surface area contributed by atoms with Crippen LogP contribution in [0, 0.1) is 12.7 Å². The van der Waals surface area contributed by atoms with Crippen molar-refractivity contribution >= 4 is 11.6 Å². The lowest BCUT2D eigenvalue weighted by Crippen LogP contribution is -2.08. The first-order valence-electron chi connectivity index (χ1n) is 10.6. The highest BCUT2D eigenvalue weighted by Gasteiger charge is 2.17. The summed E-state index contributed by atoms with van der Waals surface area (Å²) < 4.78 is 29.8. The Kier molecular flexibility index (Phi) is 7.77. The normalized spacial score (nSPS) is 10.6. The third-order valence-corrected chi connectivity index (χ3v) is 5.16. The minimum Gasteiger partial charge on any atom is -0.494 e. The highest BCUT2D eigenvalue weighted by Crippen LogP contribution is 2.31. The van der Waals surface area contributed by atoms with Gasteiger partial charge in [0.2, 0.25) is 0 Å². The van der Waals surface area contributed by atoms with Gasteiger partial charge in [-0.1, -0.05) is 0 Å². The molecule has 2 aromatic carbocycles. The summed E-state index contributed by atoms with van der Waals surface area (Å²) in [7, 11) is 3.01. The van der Waals surface area contributed by atoms with E-state index in [1.165, 1.54) is 20.3 Å². The van der Waals surface area contributed by atoms with E-state index < -0.39 is 0 Å². The number of methoxy groups -OCH3 is 2. The second-order valence-electron chi connectivity index (χ2n) is 7.36. The van der Waals surface area contributed by atoms with Gasteiger partial charge in [0.05, 0.1) is 20.8 Å². The van der Waals surface area contributed by atoms with Crippen LogP contribution in [0.4, 0.5) is 4.39 Å². The van der Waals surface area contributed by atoms with Crippen molar-refractivity contribution in [1.82, 2.24) is 4.98 Å². The third-order valence-electron chi connectivity index (χ3n) is 5.16. The molecule has 0 atom stereocenters. The number of nitrogens with zero attached hydrogens (tertiary/aromatic N) is 1. The van der Waals surface area contributed by atoms with E-state index in [0.717, 1.165) is 0 Å². The lowest BCUT2D eigenvalue weighted by atomic mass is 10.0. The molecule has 0 radical (unpaired) electrons. The Labute approximate surface area is 192 Å². The molecule has 0 unspecified atom stereocenters. The fourth-order valence-electron chi connectivity index (χ4n) is 3.38. The summed E-state index contributed by atoms with van der Waals surface area (Å²) >= 11 is 0. The first kappa shape index (κ1) is 23.9. The van der Waals surface area contributed by atoms with Crippen LogP contribution in [0.3, 0.4) is 0 Å². The maximum atomic E-state index is 13.7. The topological polar surface area (TPSA) is 74.7 Å². The van der Waals surface area contributed by atoms with Gasteiger partial charge >= 0.3 is 0 Å². The molecule has 0 saturated carbocycles. The summed E-state index contributed by atoms with van der Waals surface area (Å²) in [5.74, 6) is 0.699. The Morgan fingerprint density at radius 2 is 1.58 bits per heavy atom. The summed E-state index contributed by atoms with van der Waals surface area (Å²) in [6, 6.07) is 12.7. The number of carbonyl (C=O) groups excluding carboxylic acids is 2. The van der Waals surface area contributed by atoms with Gasteiger partial charge in [-0.05, 0) is 67.9 Å². The van der Waals surface area contributed by atoms with Crippen LogP contribution in [0.15, 0.2) is 48.5 Å². The van der Waals surface area contributed by atoms with Gasteiger partial charge in [0.15, 0.2) is 23.1 Å². The van der Waals surface area contributed by atoms with Crippen LogP contribution in [-0.4, -0.2) is 37.4 Å². The number of aromatic nitrogens is 1. The zero-order valence-electron chi connectivity index (χ0n) is 19.1. The monoisotopic (exact) mass is 451 g/mol. The van der Waals surface area contributed by atoms with E-state index in [4.69, 9.17) is 14.2 Å². The fraction of sp³-hybridized carbons (Fsp3) is 0.269. The first-order valence-corrected chi connectivity index (χ1v) is 10.6. The second kappa shape index (κ2) is 10.7. The highest BCUT2D eigenvalue weighted by molar-refractivity contribution is 6.02. The number of ketones is 2. The molecular formula is C26H26FNO5. The minimum absolute atomic E-state index is 0.00439. The highest BCUT2D eigenvalue weighted by atomic mass is 19.1. The molecule has 0 fully saturated rings. The number of aryl methyl sites for hydroxylation is 1. The average molecular weight is 451 g/mol. The van der Waals surface area contributed by atoms with E-state index in [2.05, 4.69) is 4.98 Å². The molecule has 0 spiro atoms. The molecule has 0 amide bonds. The van der Waals surface area contributed by atoms with E-state index in [0.29, 0.717) is 46.2 Å². The molecule has 0 aliphatic rings. The largest absolute Gasteiger partial charge is 0.494 e. The molecule has 0 bridgehead atoms. The molecule has 0 N–H and O–H groups in total. The molecular weight excluding hydrogens is 425 g/mol. The van der Waals surface area contributed by atoms with Gasteiger partial charge in [-0.2, -0.15) is 0 Å². The van der Waals surface area contributed by atoms with Gasteiger partial charge < -0.3 is 14.2 Å². The van der Waals surface area contributed by atoms with Gasteiger partial charge in [-0.3, -0.25) is 9.59 Å². The third kappa shape index (κ3) is 5.55. The predicted octanol–water partition coefficient (Wildman–Crippen LogP) is 5.46. The minimum atomic E-state index is -0.325. The first-order chi connectivity index (χ1) is 15.9. The standard InChI is InChI=1S/C26H26FNO5/c1-5-33-23-12-7-17(15-25(23)32-4)21(29)10-11-22(30)20-9-13-24(31-3)26(28-20)18-6-8-19(27)16(2)14-18/h6-9,12-15H,5,10-11H2,1-4H3. The Hall–Kier alpha value is -3.74. The van der Waals surface area contributed by atoms with Gasteiger partial charge in [-0.25, -0.2) is 9.37 Å². The van der Waals surface area contributed by atoms with E-state index in [1.807, 2.05) is 6.92 Å². The molecule has 6 nitrogen and oxygen atoms in total. The number of rotatable bonds is 10. The maximum Gasteiger partial charge on any atom is 0.181 e. The quantitative estimate of drug-likeness (QED) is 0.381. The van der Waals surface area contributed by atoms with Crippen LogP contribution >= 0.6 is 0 Å². The summed E-state index contributed by atoms with van der Waals surface area (Å²) in [4.78, 5) is 29.9. The average Bonchev–Trinajstić information content (AvgIpc) is 2.84. The van der Waals surface area contributed by atoms with Crippen molar-refractivity contribution in [2.45, 2.75) is 26.7 Å². The molecule has 1 aromatic heterocycles. The second-order valence-corrected chi connectivity index (χ2v) is 7.36. The molecule has 1 heterocycles. The zero-order valence-corrected chi connectivity index (χ0v) is 19.1. The Bertz CT molecular complexity index is 1180. The molecule has 33 heavy (non-hydrogen) atoms. The predicted molar refractivity (Wildman–Crippen MR) is 123 cm³/mol. The van der Waals surface area contributed by atoms with Gasteiger partial charge in [-0.15, -0.1) is 0 Å². The van der Waals surface area contributed by atoms with Crippen LogP contribution < -0.4 is 14.2 Å². The lowest BCUT2D eigenvalue weighted by molar-refractivity contribution is 0.0915. The van der Waals surface area contributed by atoms with Crippen molar-refractivity contribution in [2.75, 3.05) is 20.8 Å². The Morgan fingerprint density at radius 3 is 2.24 bits per heavy atom. The van der Waals surface area contributed by atoms with Crippen LogP contribution in [0.5, 0.6) is 17.2 Å². The zero-order chi connectivity index (χ0) is 24.0. The van der Waals surface area contributed by atoms with E-state index >= 15 is 0 Å². The van der Waals surface area contributed by atoms with Crippen molar-refractivity contribution < 1.29 is 28.2 Å². The van der Waals surface area contributed by atoms with E-state index in [-0.39, 0.29) is 35.9 Å². The van der Waals surface area contributed by atoms with Crippen molar-refractivity contribution in [3.05, 3.63) is 71.2 Å². The summed E-state index contributed by atoms with van der Waals surface area (Å²) in [6.45, 7) is 3.99. The number of ether oxygens (including phenoxy) is 3. The van der Waals surface area contributed by atoms with E-state index in [9.17, 15) is 14.0 Å². The van der Waals surface area contributed by atoms with Crippen LogP contribution in [0.25, 0.3) is 11.3 Å². The van der Waals surface area contributed by atoms with Crippen molar-refractivity contribution in [2.24, 2.45) is 0 Å². The number of benzene rings is 2. The van der Waals surface area contributed by atoms with Crippen molar-refractivity contribution in [1.29, 1.82) is 0 Å². The number of carbonyl (C=O) groups is 2. The molecule has 172 valence electrons. The van der Waals surface area contributed by atoms with Crippen LogP contribution in [0.1, 0.15) is 46.2 Å². The Balaban J connectivity index is 1.76. The van der Waals surface area contributed by atoms with Gasteiger partial charge in [0.25, 0.3) is 0 Å². The fourth-order valence-corrected chi connectivity index (χ4v) is 3.38. The molecule has 3 aromatic rings. The molecule has 0 aliphatic heterocycles. The number of pyridine rings is 1. The molecule has 3 rings (SSSR count). The van der Waals surface area contributed by atoms with Gasteiger partial charge in [0.1, 0.15) is 23.0 Å². The maximum absolute atomic E-state index is 13.7. The molecule has 7 heteroatoms.